The fourth-order valence-corrected chi connectivity index (χ4v) is 3.77. The first-order valence-corrected chi connectivity index (χ1v) is 10.3. The number of nitrogens with one attached hydrogen (secondary N) is 1. The molecule has 6 nitrogen and oxygen atoms in total. The van der Waals surface area contributed by atoms with E-state index >= 15 is 0 Å². The summed E-state index contributed by atoms with van der Waals surface area (Å²) in [4.78, 5) is 26.0. The van der Waals surface area contributed by atoms with Gasteiger partial charge in [0, 0.05) is 17.0 Å². The molecule has 2 aromatic carbocycles. The highest BCUT2D eigenvalue weighted by molar-refractivity contribution is 8.14. The fourth-order valence-electron chi connectivity index (χ4n) is 3.04. The Morgan fingerprint density at radius 1 is 1.19 bits per heavy atom. The van der Waals surface area contributed by atoms with E-state index in [1.807, 2.05) is 0 Å². The molecule has 2 amide bonds. The second-order valence-electron chi connectivity index (χ2n) is 7.19. The van der Waals surface area contributed by atoms with E-state index in [4.69, 9.17) is 0 Å². The molecule has 31 heavy (non-hydrogen) atoms. The number of benzene rings is 2. The Labute approximate surface area is 182 Å². The van der Waals surface area contributed by atoms with Gasteiger partial charge in [-0.3, -0.25) is 9.59 Å². The van der Waals surface area contributed by atoms with Gasteiger partial charge >= 0.3 is 11.4 Å². The summed E-state index contributed by atoms with van der Waals surface area (Å²) in [6, 6.07) is 12.1. The van der Waals surface area contributed by atoms with Crippen LogP contribution >= 0.6 is 11.8 Å². The third kappa shape index (κ3) is 6.08. The van der Waals surface area contributed by atoms with Crippen LogP contribution in [0.1, 0.15) is 16.7 Å². The smallest absolute Gasteiger partial charge is 0.325 e. The van der Waals surface area contributed by atoms with E-state index in [2.05, 4.69) is 10.4 Å². The van der Waals surface area contributed by atoms with Gasteiger partial charge in [0.05, 0.1) is 24.4 Å². The van der Waals surface area contributed by atoms with Gasteiger partial charge in [-0.05, 0) is 37.9 Å². The van der Waals surface area contributed by atoms with E-state index in [1.54, 1.807) is 43.3 Å². The van der Waals surface area contributed by atoms with Gasteiger partial charge in [0.2, 0.25) is 5.91 Å². The molecule has 0 fully saturated rings. The predicted octanol–water partition coefficient (Wildman–Crippen LogP) is 4.28. The first-order valence-electron chi connectivity index (χ1n) is 9.35. The van der Waals surface area contributed by atoms with Crippen molar-refractivity contribution in [2.45, 2.75) is 12.7 Å². The summed E-state index contributed by atoms with van der Waals surface area (Å²) in [5.41, 5.74) is 0.616. The van der Waals surface area contributed by atoms with E-state index in [1.165, 1.54) is 18.2 Å². The van der Waals surface area contributed by atoms with Crippen LogP contribution in [0.15, 0.2) is 53.6 Å². The summed E-state index contributed by atoms with van der Waals surface area (Å²) < 4.78 is 40.1. The number of alkyl halides is 3. The molecule has 1 heterocycles. The van der Waals surface area contributed by atoms with E-state index < -0.39 is 11.7 Å². The van der Waals surface area contributed by atoms with Crippen molar-refractivity contribution in [3.05, 3.63) is 65.2 Å². The molecule has 2 aromatic rings. The van der Waals surface area contributed by atoms with Gasteiger partial charge in [-0.2, -0.15) is 18.3 Å². The van der Waals surface area contributed by atoms with Crippen LogP contribution in [-0.4, -0.2) is 53.2 Å². The average Bonchev–Trinajstić information content (AvgIpc) is 2.68. The molecular weight excluding hydrogens is 429 g/mol. The van der Waals surface area contributed by atoms with Crippen LogP contribution in [0.5, 0.6) is 0 Å². The predicted molar refractivity (Wildman–Crippen MR) is 115 cm³/mol. The summed E-state index contributed by atoms with van der Waals surface area (Å²) in [5.74, 6) is -0.126. The maximum atomic E-state index is 13.4. The first kappa shape index (κ1) is 22.8. The number of likely N-dealkylation sites (N-methyl/N-ethyl adjacent to an activating group) is 1. The molecule has 1 aliphatic heterocycles. The Morgan fingerprint density at radius 2 is 1.94 bits per heavy atom. The maximum Gasteiger partial charge on any atom is 0.417 e. The van der Waals surface area contributed by atoms with Gasteiger partial charge < -0.3 is 10.2 Å². The summed E-state index contributed by atoms with van der Waals surface area (Å²) in [7, 11) is 3.56. The molecule has 0 aromatic heterocycles. The second kappa shape index (κ2) is 9.52. The van der Waals surface area contributed by atoms with Crippen LogP contribution in [-0.2, 0) is 17.5 Å². The van der Waals surface area contributed by atoms with Crippen molar-refractivity contribution in [2.24, 2.45) is 5.10 Å². The SMILES string of the molecule is CN(C)CC(=O)Nc1cccc(CN2N=C(c3ccccc3C(F)(F)F)CSC2=O)c1. The highest BCUT2D eigenvalue weighted by atomic mass is 32.2. The number of hydrogen-bond acceptors (Lipinski definition) is 5. The van der Waals surface area contributed by atoms with Gasteiger partial charge in [-0.25, -0.2) is 5.01 Å². The minimum atomic E-state index is -4.52. The molecule has 3 rings (SSSR count). The molecule has 0 aliphatic carbocycles. The number of hydrogen-bond donors (Lipinski definition) is 1. The van der Waals surface area contributed by atoms with Crippen molar-refractivity contribution in [3.8, 4) is 0 Å². The summed E-state index contributed by atoms with van der Waals surface area (Å²) in [6.07, 6.45) is -4.52. The zero-order chi connectivity index (χ0) is 22.6. The zero-order valence-corrected chi connectivity index (χ0v) is 17.8. The highest BCUT2D eigenvalue weighted by Gasteiger charge is 2.35. The van der Waals surface area contributed by atoms with Crippen LogP contribution in [0, 0.1) is 0 Å². The van der Waals surface area contributed by atoms with Crippen molar-refractivity contribution < 1.29 is 22.8 Å². The quantitative estimate of drug-likeness (QED) is 0.714. The first-order chi connectivity index (χ1) is 14.6. The molecule has 0 unspecified atom stereocenters. The molecule has 0 saturated heterocycles. The van der Waals surface area contributed by atoms with Crippen LogP contribution in [0.4, 0.5) is 23.7 Å². The van der Waals surface area contributed by atoms with E-state index in [0.29, 0.717) is 11.3 Å². The van der Waals surface area contributed by atoms with Crippen LogP contribution < -0.4 is 5.32 Å². The second-order valence-corrected chi connectivity index (χ2v) is 8.12. The van der Waals surface area contributed by atoms with Crippen molar-refractivity contribution in [1.82, 2.24) is 9.91 Å². The summed E-state index contributed by atoms with van der Waals surface area (Å²) in [5, 5.41) is 7.79. The van der Waals surface area contributed by atoms with Crippen molar-refractivity contribution in [2.75, 3.05) is 31.7 Å². The molecule has 1 N–H and O–H groups in total. The van der Waals surface area contributed by atoms with Gasteiger partial charge in [0.15, 0.2) is 0 Å². The Balaban J connectivity index is 1.82. The lowest BCUT2D eigenvalue weighted by atomic mass is 10.0. The number of nitrogens with zero attached hydrogens (tertiary/aromatic N) is 3. The molecule has 0 atom stereocenters. The number of hydrazone groups is 1. The van der Waals surface area contributed by atoms with Crippen LogP contribution in [0.3, 0.4) is 0 Å². The molecule has 0 spiro atoms. The van der Waals surface area contributed by atoms with E-state index in [0.717, 1.165) is 22.8 Å². The zero-order valence-electron chi connectivity index (χ0n) is 16.9. The third-order valence-corrected chi connectivity index (χ3v) is 5.21. The van der Waals surface area contributed by atoms with E-state index in [-0.39, 0.29) is 41.3 Å². The molecule has 0 bridgehead atoms. The van der Waals surface area contributed by atoms with Gasteiger partial charge in [-0.1, -0.05) is 42.1 Å². The number of rotatable bonds is 6. The number of carbonyl (C=O) groups excluding carboxylic acids is 2. The normalized spacial score (nSPS) is 14.6. The number of halogens is 3. The Hall–Kier alpha value is -2.85. The molecule has 0 radical (unpaired) electrons. The number of anilines is 1. The van der Waals surface area contributed by atoms with Crippen LogP contribution in [0.25, 0.3) is 0 Å². The van der Waals surface area contributed by atoms with Crippen molar-refractivity contribution >= 4 is 34.3 Å². The molecule has 10 heteroatoms. The monoisotopic (exact) mass is 450 g/mol. The van der Waals surface area contributed by atoms with Gasteiger partial charge in [-0.15, -0.1) is 0 Å². The number of carbonyl (C=O) groups is 2. The average molecular weight is 450 g/mol. The summed E-state index contributed by atoms with van der Waals surface area (Å²) in [6.45, 7) is 0.290. The van der Waals surface area contributed by atoms with Crippen molar-refractivity contribution in [3.63, 3.8) is 0 Å². The minimum absolute atomic E-state index is 0.0373. The molecule has 0 saturated carbocycles. The number of amides is 2. The number of thioether (sulfide) groups is 1. The van der Waals surface area contributed by atoms with Gasteiger partial charge in [0.25, 0.3) is 0 Å². The Kier molecular flexibility index (Phi) is 7.01. The molecular formula is C21H21F3N4O2S. The van der Waals surface area contributed by atoms with Crippen molar-refractivity contribution in [1.29, 1.82) is 0 Å². The standard InChI is InChI=1S/C21H21F3N4O2S/c1-27(2)12-19(29)25-15-7-5-6-14(10-15)11-28-20(30)31-13-18(26-28)16-8-3-4-9-17(16)21(22,23)24/h3-10H,11-13H2,1-2H3,(H,25,29). The highest BCUT2D eigenvalue weighted by Crippen LogP contribution is 2.33. The maximum absolute atomic E-state index is 13.4. The largest absolute Gasteiger partial charge is 0.417 e. The lowest BCUT2D eigenvalue weighted by Crippen LogP contribution is -2.30. The Morgan fingerprint density at radius 3 is 2.65 bits per heavy atom. The minimum Gasteiger partial charge on any atom is -0.325 e. The Bertz CT molecular complexity index is 1010. The third-order valence-electron chi connectivity index (χ3n) is 4.33. The fraction of sp³-hybridized carbons (Fsp3) is 0.286. The topological polar surface area (TPSA) is 65.0 Å². The lowest BCUT2D eigenvalue weighted by Gasteiger charge is -2.24. The lowest BCUT2D eigenvalue weighted by molar-refractivity contribution is -0.137. The summed E-state index contributed by atoms with van der Waals surface area (Å²) >= 11 is 0.903. The van der Waals surface area contributed by atoms with Crippen LogP contribution in [0.2, 0.25) is 0 Å². The molecule has 164 valence electrons. The molecule has 1 aliphatic rings. The van der Waals surface area contributed by atoms with E-state index in [9.17, 15) is 22.8 Å². The van der Waals surface area contributed by atoms with Gasteiger partial charge in [0.1, 0.15) is 0 Å².